The Kier molecular flexibility index (Phi) is 6.50. The van der Waals surface area contributed by atoms with E-state index in [1.54, 1.807) is 4.90 Å². The lowest BCUT2D eigenvalue weighted by Gasteiger charge is -2.26. The van der Waals surface area contributed by atoms with Gasteiger partial charge in [0.25, 0.3) is 5.91 Å². The van der Waals surface area contributed by atoms with Crippen molar-refractivity contribution in [3.63, 3.8) is 0 Å². The van der Waals surface area contributed by atoms with E-state index in [2.05, 4.69) is 12.2 Å². The van der Waals surface area contributed by atoms with Gasteiger partial charge in [-0.1, -0.05) is 19.1 Å². The fourth-order valence-corrected chi connectivity index (χ4v) is 2.16. The number of ether oxygens (including phenoxy) is 2. The second kappa shape index (κ2) is 8.64. The first-order valence-corrected chi connectivity index (χ1v) is 7.57. The molecule has 2 rings (SSSR count). The van der Waals surface area contributed by atoms with Crippen LogP contribution in [0.25, 0.3) is 0 Å². The lowest BCUT2D eigenvalue weighted by atomic mass is 10.2. The van der Waals surface area contributed by atoms with Gasteiger partial charge < -0.3 is 19.7 Å². The molecule has 1 aliphatic heterocycles. The number of benzene rings is 1. The van der Waals surface area contributed by atoms with Gasteiger partial charge in [-0.15, -0.1) is 0 Å². The Labute approximate surface area is 126 Å². The molecule has 0 spiro atoms. The number of carbonyl (C=O) groups is 1. The topological polar surface area (TPSA) is 50.8 Å². The average Bonchev–Trinajstić information content (AvgIpc) is 2.55. The third kappa shape index (κ3) is 5.36. The lowest BCUT2D eigenvalue weighted by Crippen LogP contribution is -2.42. The van der Waals surface area contributed by atoms with Gasteiger partial charge in [-0.3, -0.25) is 4.79 Å². The summed E-state index contributed by atoms with van der Waals surface area (Å²) in [6.45, 7) is 6.67. The van der Waals surface area contributed by atoms with E-state index < -0.39 is 0 Å². The van der Waals surface area contributed by atoms with Crippen LogP contribution in [-0.2, 0) is 16.1 Å². The van der Waals surface area contributed by atoms with Crippen LogP contribution in [0, 0.1) is 0 Å². The van der Waals surface area contributed by atoms with Gasteiger partial charge in [-0.2, -0.15) is 0 Å². The fraction of sp³-hybridized carbons (Fsp3) is 0.562. The number of hydrogen-bond acceptors (Lipinski definition) is 4. The maximum atomic E-state index is 11.9. The van der Waals surface area contributed by atoms with Gasteiger partial charge in [0.2, 0.25) is 0 Å². The van der Waals surface area contributed by atoms with Gasteiger partial charge in [0.15, 0.2) is 6.61 Å². The number of hydrogen-bond donors (Lipinski definition) is 1. The van der Waals surface area contributed by atoms with E-state index in [1.807, 2.05) is 24.3 Å². The molecule has 1 N–H and O–H groups in total. The standard InChI is InChI=1S/C16H24N2O3/c1-2-7-17-12-14-3-5-15(6-4-14)21-13-16(19)18-8-10-20-11-9-18/h3-6,17H,2,7-13H2,1H3. The van der Waals surface area contributed by atoms with Gasteiger partial charge in [0.1, 0.15) is 5.75 Å². The second-order valence-electron chi connectivity index (χ2n) is 5.10. The molecule has 1 amide bonds. The number of morpholine rings is 1. The predicted molar refractivity (Wildman–Crippen MR) is 81.3 cm³/mol. The highest BCUT2D eigenvalue weighted by atomic mass is 16.5. The third-order valence-corrected chi connectivity index (χ3v) is 3.41. The fourth-order valence-electron chi connectivity index (χ4n) is 2.16. The number of nitrogens with one attached hydrogen (secondary N) is 1. The summed E-state index contributed by atoms with van der Waals surface area (Å²) in [6.07, 6.45) is 1.13. The van der Waals surface area contributed by atoms with E-state index in [4.69, 9.17) is 9.47 Å². The van der Waals surface area contributed by atoms with Crippen LogP contribution in [0.5, 0.6) is 5.75 Å². The van der Waals surface area contributed by atoms with Crippen molar-refractivity contribution >= 4 is 5.91 Å². The Hall–Kier alpha value is -1.59. The van der Waals surface area contributed by atoms with Crippen molar-refractivity contribution in [3.8, 4) is 5.75 Å². The first kappa shape index (κ1) is 15.8. The molecular formula is C16H24N2O3. The first-order valence-electron chi connectivity index (χ1n) is 7.57. The molecule has 0 aliphatic carbocycles. The van der Waals surface area contributed by atoms with Crippen molar-refractivity contribution in [1.82, 2.24) is 10.2 Å². The van der Waals surface area contributed by atoms with Gasteiger partial charge in [0.05, 0.1) is 13.2 Å². The van der Waals surface area contributed by atoms with Crippen molar-refractivity contribution in [2.75, 3.05) is 39.5 Å². The normalized spacial score (nSPS) is 15.0. The Bertz CT molecular complexity index is 428. The van der Waals surface area contributed by atoms with Crippen LogP contribution in [0.1, 0.15) is 18.9 Å². The van der Waals surface area contributed by atoms with Crippen molar-refractivity contribution in [1.29, 1.82) is 0 Å². The van der Waals surface area contributed by atoms with Crippen molar-refractivity contribution < 1.29 is 14.3 Å². The highest BCUT2D eigenvalue weighted by molar-refractivity contribution is 5.77. The smallest absolute Gasteiger partial charge is 0.260 e. The summed E-state index contributed by atoms with van der Waals surface area (Å²) < 4.78 is 10.8. The predicted octanol–water partition coefficient (Wildman–Crippen LogP) is 1.42. The van der Waals surface area contributed by atoms with E-state index >= 15 is 0 Å². The monoisotopic (exact) mass is 292 g/mol. The zero-order chi connectivity index (χ0) is 14.9. The van der Waals surface area contributed by atoms with Gasteiger partial charge in [0, 0.05) is 19.6 Å². The summed E-state index contributed by atoms with van der Waals surface area (Å²) in [4.78, 5) is 13.7. The van der Waals surface area contributed by atoms with Crippen LogP contribution >= 0.6 is 0 Å². The summed E-state index contributed by atoms with van der Waals surface area (Å²) >= 11 is 0. The van der Waals surface area contributed by atoms with Gasteiger partial charge in [-0.25, -0.2) is 0 Å². The minimum absolute atomic E-state index is 0.0204. The zero-order valence-electron chi connectivity index (χ0n) is 12.6. The molecular weight excluding hydrogens is 268 g/mol. The molecule has 0 atom stereocenters. The molecule has 1 fully saturated rings. The van der Waals surface area contributed by atoms with E-state index in [0.29, 0.717) is 26.3 Å². The number of amides is 1. The minimum atomic E-state index is 0.0204. The Morgan fingerprint density at radius 2 is 2.00 bits per heavy atom. The zero-order valence-corrected chi connectivity index (χ0v) is 12.6. The molecule has 116 valence electrons. The lowest BCUT2D eigenvalue weighted by molar-refractivity contribution is -0.137. The molecule has 1 aromatic carbocycles. The Morgan fingerprint density at radius 3 is 2.67 bits per heavy atom. The van der Waals surface area contributed by atoms with Crippen LogP contribution in [0.3, 0.4) is 0 Å². The maximum absolute atomic E-state index is 11.9. The molecule has 0 radical (unpaired) electrons. The third-order valence-electron chi connectivity index (χ3n) is 3.41. The highest BCUT2D eigenvalue weighted by Crippen LogP contribution is 2.12. The molecule has 1 aromatic rings. The second-order valence-corrected chi connectivity index (χ2v) is 5.10. The molecule has 5 nitrogen and oxygen atoms in total. The summed E-state index contributed by atoms with van der Waals surface area (Å²) in [6, 6.07) is 7.87. The van der Waals surface area contributed by atoms with E-state index in [9.17, 15) is 4.79 Å². The van der Waals surface area contributed by atoms with Gasteiger partial charge in [-0.05, 0) is 30.7 Å². The summed E-state index contributed by atoms with van der Waals surface area (Å²) in [5, 5.41) is 3.35. The van der Waals surface area contributed by atoms with Crippen LogP contribution in [-0.4, -0.2) is 50.3 Å². The molecule has 0 aromatic heterocycles. The van der Waals surface area contributed by atoms with Crippen LogP contribution < -0.4 is 10.1 Å². The van der Waals surface area contributed by atoms with Gasteiger partial charge >= 0.3 is 0 Å². The van der Waals surface area contributed by atoms with Crippen LogP contribution in [0.2, 0.25) is 0 Å². The Morgan fingerprint density at radius 1 is 1.29 bits per heavy atom. The SMILES string of the molecule is CCCNCc1ccc(OCC(=O)N2CCOCC2)cc1. The summed E-state index contributed by atoms with van der Waals surface area (Å²) in [5.41, 5.74) is 1.22. The molecule has 1 aliphatic rings. The maximum Gasteiger partial charge on any atom is 0.260 e. The molecule has 0 unspecified atom stereocenters. The van der Waals surface area contributed by atoms with E-state index in [1.165, 1.54) is 5.56 Å². The van der Waals surface area contributed by atoms with Crippen LogP contribution in [0.4, 0.5) is 0 Å². The summed E-state index contributed by atoms with van der Waals surface area (Å²) in [5.74, 6) is 0.753. The average molecular weight is 292 g/mol. The number of rotatable bonds is 7. The number of nitrogens with zero attached hydrogens (tertiary/aromatic N) is 1. The highest BCUT2D eigenvalue weighted by Gasteiger charge is 2.16. The molecule has 5 heteroatoms. The number of carbonyl (C=O) groups excluding carboxylic acids is 1. The quantitative estimate of drug-likeness (QED) is 0.772. The van der Waals surface area contributed by atoms with Crippen molar-refractivity contribution in [2.24, 2.45) is 0 Å². The van der Waals surface area contributed by atoms with Crippen molar-refractivity contribution in [2.45, 2.75) is 19.9 Å². The van der Waals surface area contributed by atoms with Crippen LogP contribution in [0.15, 0.2) is 24.3 Å². The molecule has 21 heavy (non-hydrogen) atoms. The molecule has 0 saturated carbocycles. The minimum Gasteiger partial charge on any atom is -0.484 e. The first-order chi connectivity index (χ1) is 10.3. The molecule has 1 heterocycles. The largest absolute Gasteiger partial charge is 0.484 e. The summed E-state index contributed by atoms with van der Waals surface area (Å²) in [7, 11) is 0. The molecule has 1 saturated heterocycles. The molecule has 0 bridgehead atoms. The van der Waals surface area contributed by atoms with E-state index in [-0.39, 0.29) is 12.5 Å². The van der Waals surface area contributed by atoms with E-state index in [0.717, 1.165) is 25.3 Å². The van der Waals surface area contributed by atoms with Crippen molar-refractivity contribution in [3.05, 3.63) is 29.8 Å². The Balaban J connectivity index is 1.73.